The monoisotopic (exact) mass is 349 g/mol. The second kappa shape index (κ2) is 9.27. The van der Waals surface area contributed by atoms with Crippen molar-refractivity contribution in [3.05, 3.63) is 70.8 Å². The van der Waals surface area contributed by atoms with Crippen molar-refractivity contribution in [2.45, 2.75) is 18.8 Å². The molecule has 2 N–H and O–H groups in total. The normalized spacial score (nSPS) is 11.4. The predicted octanol–water partition coefficient (Wildman–Crippen LogP) is 3.69. The highest BCUT2D eigenvalue weighted by Gasteiger charge is 2.05. The van der Waals surface area contributed by atoms with E-state index in [2.05, 4.69) is 15.6 Å². The second-order valence-electron chi connectivity index (χ2n) is 5.25. The van der Waals surface area contributed by atoms with Gasteiger partial charge in [-0.15, -0.1) is 0 Å². The largest absolute Gasteiger partial charge is 0.352 e. The number of hydrogen-bond donors (Lipinski definition) is 2. The third kappa shape index (κ3) is 5.53. The van der Waals surface area contributed by atoms with Gasteiger partial charge in [0.25, 0.3) is 0 Å². The van der Waals surface area contributed by atoms with Gasteiger partial charge in [0.1, 0.15) is 11.6 Å². The molecule has 24 heavy (non-hydrogen) atoms. The van der Waals surface area contributed by atoms with Crippen LogP contribution in [0.5, 0.6) is 0 Å². The van der Waals surface area contributed by atoms with E-state index in [-0.39, 0.29) is 11.6 Å². The van der Waals surface area contributed by atoms with E-state index in [0.29, 0.717) is 19.0 Å². The highest BCUT2D eigenvalue weighted by molar-refractivity contribution is 7.97. The Morgan fingerprint density at radius 3 is 2.29 bits per heavy atom. The van der Waals surface area contributed by atoms with Crippen molar-refractivity contribution in [2.75, 3.05) is 13.3 Å². The number of nitrogens with one attached hydrogen (secondary N) is 2. The fourth-order valence-electron chi connectivity index (χ4n) is 2.24. The smallest absolute Gasteiger partial charge is 0.191 e. The molecule has 2 aromatic carbocycles. The van der Waals surface area contributed by atoms with E-state index in [1.807, 2.05) is 6.26 Å². The van der Waals surface area contributed by atoms with Crippen molar-refractivity contribution < 1.29 is 8.78 Å². The summed E-state index contributed by atoms with van der Waals surface area (Å²) in [6.07, 6.45) is 1.99. The minimum Gasteiger partial charge on any atom is -0.352 e. The first-order valence-corrected chi connectivity index (χ1v) is 8.97. The summed E-state index contributed by atoms with van der Waals surface area (Å²) in [6, 6.07) is 11.2. The third-order valence-electron chi connectivity index (χ3n) is 3.51. The molecule has 0 aliphatic carbocycles. The molecule has 0 fully saturated rings. The Bertz CT molecular complexity index is 687. The molecule has 0 amide bonds. The molecule has 0 radical (unpaired) electrons. The zero-order valence-corrected chi connectivity index (χ0v) is 14.6. The summed E-state index contributed by atoms with van der Waals surface area (Å²) in [4.78, 5) is 4.17. The number of rotatable bonds is 6. The Morgan fingerprint density at radius 1 is 0.958 bits per heavy atom. The average molecular weight is 349 g/mol. The van der Waals surface area contributed by atoms with Gasteiger partial charge in [0.05, 0.1) is 0 Å². The maximum absolute atomic E-state index is 13.4. The van der Waals surface area contributed by atoms with Gasteiger partial charge in [-0.3, -0.25) is 4.99 Å². The topological polar surface area (TPSA) is 36.4 Å². The van der Waals surface area contributed by atoms with E-state index >= 15 is 0 Å². The lowest BCUT2D eigenvalue weighted by atomic mass is 10.1. The van der Waals surface area contributed by atoms with Crippen LogP contribution in [0.25, 0.3) is 0 Å². The van der Waals surface area contributed by atoms with Gasteiger partial charge in [0, 0.05) is 25.9 Å². The zero-order chi connectivity index (χ0) is 17.4. The van der Waals surface area contributed by atoms with Crippen molar-refractivity contribution in [1.82, 2.24) is 10.6 Å². The van der Waals surface area contributed by atoms with Crippen LogP contribution in [0.1, 0.15) is 16.7 Å². The Kier molecular flexibility index (Phi) is 7.06. The van der Waals surface area contributed by atoms with Crippen molar-refractivity contribution in [3.63, 3.8) is 0 Å². The van der Waals surface area contributed by atoms with Crippen LogP contribution in [0, 0.1) is 11.6 Å². The van der Waals surface area contributed by atoms with Gasteiger partial charge >= 0.3 is 0 Å². The van der Waals surface area contributed by atoms with Crippen molar-refractivity contribution in [3.8, 4) is 0 Å². The van der Waals surface area contributed by atoms with Crippen LogP contribution >= 0.6 is 11.8 Å². The summed E-state index contributed by atoms with van der Waals surface area (Å²) < 4.78 is 26.3. The summed E-state index contributed by atoms with van der Waals surface area (Å²) in [7, 11) is 1.69. The van der Waals surface area contributed by atoms with Crippen LogP contribution in [0.2, 0.25) is 0 Å². The zero-order valence-electron chi connectivity index (χ0n) is 13.8. The SMILES string of the molecule is CN=C(NCc1ccc(F)cc1)NCc1ccc(F)cc1CSC. The number of halogens is 2. The first kappa shape index (κ1) is 18.3. The predicted molar refractivity (Wildman–Crippen MR) is 97.1 cm³/mol. The minimum atomic E-state index is -0.251. The van der Waals surface area contributed by atoms with Crippen LogP contribution in [0.3, 0.4) is 0 Å². The maximum atomic E-state index is 13.4. The summed E-state index contributed by atoms with van der Waals surface area (Å²) in [5.74, 6) is 0.926. The highest BCUT2D eigenvalue weighted by atomic mass is 32.2. The number of hydrogen-bond acceptors (Lipinski definition) is 2. The Morgan fingerprint density at radius 2 is 1.62 bits per heavy atom. The third-order valence-corrected chi connectivity index (χ3v) is 4.11. The maximum Gasteiger partial charge on any atom is 0.191 e. The molecule has 0 atom stereocenters. The molecule has 0 bridgehead atoms. The van der Waals surface area contributed by atoms with E-state index in [4.69, 9.17) is 0 Å². The number of guanidine groups is 1. The Balaban J connectivity index is 1.93. The number of thioether (sulfide) groups is 1. The minimum absolute atomic E-state index is 0.221. The highest BCUT2D eigenvalue weighted by Crippen LogP contribution is 2.16. The molecule has 0 aliphatic rings. The summed E-state index contributed by atoms with van der Waals surface area (Å²) >= 11 is 1.66. The molecule has 0 heterocycles. The van der Waals surface area contributed by atoms with Gasteiger partial charge < -0.3 is 10.6 Å². The van der Waals surface area contributed by atoms with E-state index in [9.17, 15) is 8.78 Å². The van der Waals surface area contributed by atoms with Gasteiger partial charge in [-0.2, -0.15) is 11.8 Å². The van der Waals surface area contributed by atoms with Crippen LogP contribution in [-0.2, 0) is 18.8 Å². The van der Waals surface area contributed by atoms with Gasteiger partial charge in [0.2, 0.25) is 0 Å². The van der Waals surface area contributed by atoms with Crippen molar-refractivity contribution in [1.29, 1.82) is 0 Å². The van der Waals surface area contributed by atoms with E-state index in [0.717, 1.165) is 22.4 Å². The molecule has 0 aromatic heterocycles. The first-order valence-electron chi connectivity index (χ1n) is 7.57. The lowest BCUT2D eigenvalue weighted by molar-refractivity contribution is 0.625. The van der Waals surface area contributed by atoms with Crippen LogP contribution in [0.4, 0.5) is 8.78 Å². The van der Waals surface area contributed by atoms with Gasteiger partial charge in [-0.1, -0.05) is 18.2 Å². The molecule has 0 spiro atoms. The molecule has 3 nitrogen and oxygen atoms in total. The molecular formula is C18H21F2N3S. The molecule has 0 unspecified atom stereocenters. The first-order chi connectivity index (χ1) is 11.6. The Labute approximate surface area is 145 Å². The fourth-order valence-corrected chi connectivity index (χ4v) is 2.82. The number of benzene rings is 2. The fraction of sp³-hybridized carbons (Fsp3) is 0.278. The lowest BCUT2D eigenvalue weighted by Gasteiger charge is -2.14. The Hall–Kier alpha value is -2.08. The quantitative estimate of drug-likeness (QED) is 0.617. The summed E-state index contributed by atoms with van der Waals surface area (Å²) in [6.45, 7) is 1.10. The summed E-state index contributed by atoms with van der Waals surface area (Å²) in [5.41, 5.74) is 2.98. The van der Waals surface area contributed by atoms with Crippen LogP contribution < -0.4 is 10.6 Å². The molecule has 0 saturated carbocycles. The molecular weight excluding hydrogens is 328 g/mol. The van der Waals surface area contributed by atoms with Gasteiger partial charge in [0.15, 0.2) is 5.96 Å². The average Bonchev–Trinajstić information content (AvgIpc) is 2.58. The number of nitrogens with zero attached hydrogens (tertiary/aromatic N) is 1. The molecule has 6 heteroatoms. The second-order valence-corrected chi connectivity index (χ2v) is 6.12. The van der Waals surface area contributed by atoms with Crippen molar-refractivity contribution in [2.24, 2.45) is 4.99 Å². The van der Waals surface area contributed by atoms with E-state index in [1.54, 1.807) is 43.1 Å². The summed E-state index contributed by atoms with van der Waals surface area (Å²) in [5, 5.41) is 6.39. The van der Waals surface area contributed by atoms with Crippen LogP contribution in [-0.4, -0.2) is 19.3 Å². The molecule has 0 aliphatic heterocycles. The standard InChI is InChI=1S/C18H21F2N3S/c1-21-18(22-10-13-3-6-16(19)7-4-13)23-11-14-5-8-17(20)9-15(14)12-24-2/h3-9H,10-12H2,1-2H3,(H2,21,22,23). The number of aliphatic imine (C=N–C) groups is 1. The molecule has 2 aromatic rings. The van der Waals surface area contributed by atoms with E-state index < -0.39 is 0 Å². The molecule has 2 rings (SSSR count). The van der Waals surface area contributed by atoms with E-state index in [1.165, 1.54) is 18.2 Å². The van der Waals surface area contributed by atoms with Gasteiger partial charge in [-0.25, -0.2) is 8.78 Å². The lowest BCUT2D eigenvalue weighted by Crippen LogP contribution is -2.36. The molecule has 128 valence electrons. The van der Waals surface area contributed by atoms with Crippen molar-refractivity contribution >= 4 is 17.7 Å². The van der Waals surface area contributed by atoms with Crippen LogP contribution in [0.15, 0.2) is 47.5 Å². The van der Waals surface area contributed by atoms with Gasteiger partial charge in [-0.05, 0) is 47.2 Å². The molecule has 0 saturated heterocycles.